The van der Waals surface area contributed by atoms with Gasteiger partial charge >= 0.3 is 0 Å². The lowest BCUT2D eigenvalue weighted by atomic mass is 10.0. The zero-order valence-corrected chi connectivity index (χ0v) is 11.0. The third kappa shape index (κ3) is 4.46. The Morgan fingerprint density at radius 3 is 2.76 bits per heavy atom. The number of nitrogens with one attached hydrogen (secondary N) is 1. The van der Waals surface area contributed by atoms with Gasteiger partial charge in [0.15, 0.2) is 0 Å². The molecule has 0 spiro atoms. The Kier molecular flexibility index (Phi) is 5.61. The topological polar surface area (TPSA) is 75.3 Å². The standard InChI is InChI=1S/C12H20N2O2S/c1-8(2)6-9(7-15)14-12(16)11(13)10-4-3-5-17-10/h3-5,8-9,11,15H,6-7,13H2,1-2H3,(H,14,16). The summed E-state index contributed by atoms with van der Waals surface area (Å²) < 4.78 is 0. The number of hydrogen-bond acceptors (Lipinski definition) is 4. The van der Waals surface area contributed by atoms with Crippen molar-refractivity contribution < 1.29 is 9.90 Å². The van der Waals surface area contributed by atoms with Gasteiger partial charge in [-0.05, 0) is 23.8 Å². The molecule has 0 bridgehead atoms. The summed E-state index contributed by atoms with van der Waals surface area (Å²) in [5.41, 5.74) is 5.83. The molecule has 4 nitrogen and oxygen atoms in total. The van der Waals surface area contributed by atoms with Gasteiger partial charge in [-0.25, -0.2) is 0 Å². The van der Waals surface area contributed by atoms with Gasteiger partial charge in [-0.3, -0.25) is 4.79 Å². The van der Waals surface area contributed by atoms with Gasteiger partial charge in [0.1, 0.15) is 6.04 Å². The molecule has 0 radical (unpaired) electrons. The van der Waals surface area contributed by atoms with E-state index < -0.39 is 6.04 Å². The van der Waals surface area contributed by atoms with Crippen LogP contribution in [-0.2, 0) is 4.79 Å². The molecule has 1 aromatic rings. The van der Waals surface area contributed by atoms with Gasteiger partial charge in [0.05, 0.1) is 12.6 Å². The molecule has 17 heavy (non-hydrogen) atoms. The molecule has 1 heterocycles. The van der Waals surface area contributed by atoms with E-state index in [0.717, 1.165) is 11.3 Å². The van der Waals surface area contributed by atoms with E-state index in [4.69, 9.17) is 5.73 Å². The van der Waals surface area contributed by atoms with Crippen LogP contribution in [0, 0.1) is 5.92 Å². The highest BCUT2D eigenvalue weighted by Gasteiger charge is 2.20. The van der Waals surface area contributed by atoms with Gasteiger partial charge < -0.3 is 16.2 Å². The maximum absolute atomic E-state index is 11.9. The van der Waals surface area contributed by atoms with Crippen molar-refractivity contribution in [3.05, 3.63) is 22.4 Å². The van der Waals surface area contributed by atoms with Crippen LogP contribution in [0.15, 0.2) is 17.5 Å². The normalized spacial score (nSPS) is 14.6. The van der Waals surface area contributed by atoms with Crippen molar-refractivity contribution in [3.63, 3.8) is 0 Å². The number of aliphatic hydroxyl groups is 1. The van der Waals surface area contributed by atoms with Crippen LogP contribution >= 0.6 is 11.3 Å². The van der Waals surface area contributed by atoms with E-state index in [-0.39, 0.29) is 18.6 Å². The van der Waals surface area contributed by atoms with Gasteiger partial charge in [0.25, 0.3) is 0 Å². The SMILES string of the molecule is CC(C)CC(CO)NC(=O)C(N)c1cccs1. The predicted molar refractivity (Wildman–Crippen MR) is 69.7 cm³/mol. The summed E-state index contributed by atoms with van der Waals surface area (Å²) in [7, 11) is 0. The Hall–Kier alpha value is -0.910. The van der Waals surface area contributed by atoms with Crippen LogP contribution in [0.25, 0.3) is 0 Å². The van der Waals surface area contributed by atoms with Crippen LogP contribution in [0.5, 0.6) is 0 Å². The number of aliphatic hydroxyl groups excluding tert-OH is 1. The number of rotatable bonds is 6. The average Bonchev–Trinajstić information content (AvgIpc) is 2.79. The molecule has 1 amide bonds. The molecule has 1 aromatic heterocycles. The lowest BCUT2D eigenvalue weighted by Gasteiger charge is -2.20. The molecule has 4 N–H and O–H groups in total. The van der Waals surface area contributed by atoms with E-state index >= 15 is 0 Å². The molecule has 0 aliphatic rings. The fourth-order valence-corrected chi connectivity index (χ4v) is 2.36. The number of nitrogens with two attached hydrogens (primary N) is 1. The van der Waals surface area contributed by atoms with Crippen molar-refractivity contribution in [1.82, 2.24) is 5.32 Å². The highest BCUT2D eigenvalue weighted by molar-refractivity contribution is 7.10. The van der Waals surface area contributed by atoms with Crippen molar-refractivity contribution >= 4 is 17.2 Å². The lowest BCUT2D eigenvalue weighted by molar-refractivity contribution is -0.123. The zero-order valence-electron chi connectivity index (χ0n) is 10.2. The molecule has 2 unspecified atom stereocenters. The van der Waals surface area contributed by atoms with E-state index in [1.54, 1.807) is 0 Å². The second-order valence-corrected chi connectivity index (χ2v) is 5.49. The minimum atomic E-state index is -0.642. The molecular weight excluding hydrogens is 236 g/mol. The Labute approximate surface area is 106 Å². The van der Waals surface area contributed by atoms with Crippen molar-refractivity contribution in [3.8, 4) is 0 Å². The summed E-state index contributed by atoms with van der Waals surface area (Å²) in [6.45, 7) is 4.04. The van der Waals surface area contributed by atoms with Crippen LogP contribution in [0.2, 0.25) is 0 Å². The van der Waals surface area contributed by atoms with E-state index in [1.807, 2.05) is 31.4 Å². The second kappa shape index (κ2) is 6.74. The molecule has 96 valence electrons. The number of carbonyl (C=O) groups is 1. The van der Waals surface area contributed by atoms with E-state index in [2.05, 4.69) is 5.32 Å². The Bertz CT molecular complexity index is 338. The quantitative estimate of drug-likeness (QED) is 0.717. The molecule has 0 aliphatic heterocycles. The van der Waals surface area contributed by atoms with Crippen molar-refractivity contribution in [1.29, 1.82) is 0 Å². The number of thiophene rings is 1. The number of carbonyl (C=O) groups excluding carboxylic acids is 1. The fourth-order valence-electron chi connectivity index (χ4n) is 1.64. The minimum Gasteiger partial charge on any atom is -0.394 e. The summed E-state index contributed by atoms with van der Waals surface area (Å²) in [5.74, 6) is 0.192. The smallest absolute Gasteiger partial charge is 0.242 e. The third-order valence-corrected chi connectivity index (χ3v) is 3.41. The predicted octanol–water partition coefficient (Wildman–Crippen LogP) is 1.27. The molecule has 0 saturated carbocycles. The first-order valence-electron chi connectivity index (χ1n) is 5.74. The second-order valence-electron chi connectivity index (χ2n) is 4.51. The van der Waals surface area contributed by atoms with E-state index in [0.29, 0.717) is 5.92 Å². The molecule has 2 atom stereocenters. The first-order valence-corrected chi connectivity index (χ1v) is 6.62. The van der Waals surface area contributed by atoms with E-state index in [1.165, 1.54) is 11.3 Å². The average molecular weight is 256 g/mol. The summed E-state index contributed by atoms with van der Waals surface area (Å²) in [5, 5.41) is 13.9. The first-order chi connectivity index (χ1) is 8.04. The van der Waals surface area contributed by atoms with E-state index in [9.17, 15) is 9.90 Å². The maximum Gasteiger partial charge on any atom is 0.242 e. The van der Waals surface area contributed by atoms with Crippen molar-refractivity contribution in [2.24, 2.45) is 11.7 Å². The molecule has 0 aromatic carbocycles. The molecule has 0 saturated heterocycles. The summed E-state index contributed by atoms with van der Waals surface area (Å²) >= 11 is 1.46. The molecule has 0 fully saturated rings. The van der Waals surface area contributed by atoms with Crippen LogP contribution in [-0.4, -0.2) is 23.7 Å². The van der Waals surface area contributed by atoms with Crippen LogP contribution in [0.1, 0.15) is 31.2 Å². The van der Waals surface area contributed by atoms with Crippen LogP contribution < -0.4 is 11.1 Å². The highest BCUT2D eigenvalue weighted by Crippen LogP contribution is 2.17. The number of amides is 1. The fraction of sp³-hybridized carbons (Fsp3) is 0.583. The van der Waals surface area contributed by atoms with Gasteiger partial charge in [-0.1, -0.05) is 19.9 Å². The first kappa shape index (κ1) is 14.2. The van der Waals surface area contributed by atoms with Crippen molar-refractivity contribution in [2.75, 3.05) is 6.61 Å². The Balaban J connectivity index is 2.52. The maximum atomic E-state index is 11.9. The summed E-state index contributed by atoms with van der Waals surface area (Å²) in [6.07, 6.45) is 0.749. The monoisotopic (exact) mass is 256 g/mol. The minimum absolute atomic E-state index is 0.0545. The molecule has 0 aliphatic carbocycles. The lowest BCUT2D eigenvalue weighted by Crippen LogP contribution is -2.43. The van der Waals surface area contributed by atoms with Crippen LogP contribution in [0.4, 0.5) is 0 Å². The van der Waals surface area contributed by atoms with Crippen molar-refractivity contribution in [2.45, 2.75) is 32.4 Å². The summed E-state index contributed by atoms with van der Waals surface area (Å²) in [6, 6.07) is 2.85. The Morgan fingerprint density at radius 1 is 1.59 bits per heavy atom. The highest BCUT2D eigenvalue weighted by atomic mass is 32.1. The van der Waals surface area contributed by atoms with Gasteiger partial charge in [0.2, 0.25) is 5.91 Å². The Morgan fingerprint density at radius 2 is 2.29 bits per heavy atom. The third-order valence-electron chi connectivity index (χ3n) is 2.45. The largest absolute Gasteiger partial charge is 0.394 e. The van der Waals surface area contributed by atoms with Gasteiger partial charge in [-0.2, -0.15) is 0 Å². The zero-order chi connectivity index (χ0) is 12.8. The van der Waals surface area contributed by atoms with Gasteiger partial charge in [-0.15, -0.1) is 11.3 Å². The summed E-state index contributed by atoms with van der Waals surface area (Å²) in [4.78, 5) is 12.7. The number of hydrogen-bond donors (Lipinski definition) is 3. The molecular formula is C12H20N2O2S. The molecule has 5 heteroatoms. The molecule has 1 rings (SSSR count). The van der Waals surface area contributed by atoms with Gasteiger partial charge in [0, 0.05) is 4.88 Å². The van der Waals surface area contributed by atoms with Crippen LogP contribution in [0.3, 0.4) is 0 Å².